The maximum Gasteiger partial charge on any atom is 0.237 e. The van der Waals surface area contributed by atoms with Crippen LogP contribution in [-0.2, 0) is 4.79 Å². The Morgan fingerprint density at radius 3 is 2.75 bits per heavy atom. The lowest BCUT2D eigenvalue weighted by Crippen LogP contribution is -2.49. The third kappa shape index (κ3) is 5.18. The van der Waals surface area contributed by atoms with E-state index in [2.05, 4.69) is 10.6 Å². The number of thioether (sulfide) groups is 1. The van der Waals surface area contributed by atoms with E-state index in [9.17, 15) is 9.90 Å². The molecule has 1 aliphatic carbocycles. The molecule has 1 rings (SSSR count). The summed E-state index contributed by atoms with van der Waals surface area (Å²) < 4.78 is 0. The number of carbonyl (C=O) groups excluding carboxylic acids is 1. The van der Waals surface area contributed by atoms with Gasteiger partial charge < -0.3 is 15.7 Å². The Morgan fingerprint density at radius 1 is 1.62 bits per heavy atom. The van der Waals surface area contributed by atoms with E-state index >= 15 is 0 Å². The summed E-state index contributed by atoms with van der Waals surface area (Å²) in [5.41, 5.74) is -0.756. The highest BCUT2D eigenvalue weighted by atomic mass is 32.2. The van der Waals surface area contributed by atoms with Crippen LogP contribution in [0.2, 0.25) is 0 Å². The second kappa shape index (κ2) is 5.89. The molecule has 2 atom stereocenters. The average molecular weight is 246 g/mol. The molecule has 94 valence electrons. The molecule has 5 heteroatoms. The Hall–Kier alpha value is -0.260. The molecule has 0 bridgehead atoms. The fraction of sp³-hybridized carbons (Fsp3) is 0.909. The number of hydrogen-bond donors (Lipinski definition) is 3. The first-order valence-corrected chi connectivity index (χ1v) is 7.09. The molecule has 1 saturated carbocycles. The van der Waals surface area contributed by atoms with Gasteiger partial charge in [0.2, 0.25) is 5.91 Å². The van der Waals surface area contributed by atoms with E-state index in [1.54, 1.807) is 18.7 Å². The minimum atomic E-state index is -0.756. The molecule has 0 aromatic rings. The molecule has 1 aliphatic rings. The zero-order valence-electron chi connectivity index (χ0n) is 10.2. The fourth-order valence-electron chi connectivity index (χ4n) is 1.38. The molecule has 2 unspecified atom stereocenters. The van der Waals surface area contributed by atoms with Gasteiger partial charge >= 0.3 is 0 Å². The second-order valence-electron chi connectivity index (χ2n) is 4.82. The summed E-state index contributed by atoms with van der Waals surface area (Å²) in [6.07, 6.45) is 4.16. The van der Waals surface area contributed by atoms with E-state index in [0.717, 1.165) is 12.8 Å². The minimum absolute atomic E-state index is 0.0300. The molecule has 0 aliphatic heterocycles. The number of rotatable bonds is 7. The lowest BCUT2D eigenvalue weighted by molar-refractivity contribution is -0.123. The first kappa shape index (κ1) is 13.8. The average Bonchev–Trinajstić information content (AvgIpc) is 2.98. The molecule has 4 nitrogen and oxygen atoms in total. The Bertz CT molecular complexity index is 242. The minimum Gasteiger partial charge on any atom is -0.388 e. The van der Waals surface area contributed by atoms with E-state index in [4.69, 9.17) is 0 Å². The molecule has 0 spiro atoms. The highest BCUT2D eigenvalue weighted by molar-refractivity contribution is 7.98. The van der Waals surface area contributed by atoms with Gasteiger partial charge in [-0.05, 0) is 32.9 Å². The molecule has 16 heavy (non-hydrogen) atoms. The van der Waals surface area contributed by atoms with Gasteiger partial charge in [-0.2, -0.15) is 11.8 Å². The van der Waals surface area contributed by atoms with Gasteiger partial charge in [-0.1, -0.05) is 0 Å². The van der Waals surface area contributed by atoms with Crippen molar-refractivity contribution in [3.05, 3.63) is 0 Å². The lowest BCUT2D eigenvalue weighted by atomic mass is 10.1. The summed E-state index contributed by atoms with van der Waals surface area (Å²) >= 11 is 1.60. The van der Waals surface area contributed by atoms with Crippen LogP contribution in [0.5, 0.6) is 0 Å². The van der Waals surface area contributed by atoms with Crippen LogP contribution >= 0.6 is 11.8 Å². The van der Waals surface area contributed by atoms with E-state index in [1.807, 2.05) is 13.2 Å². The van der Waals surface area contributed by atoms with Crippen molar-refractivity contribution in [3.8, 4) is 0 Å². The van der Waals surface area contributed by atoms with Crippen molar-refractivity contribution in [1.82, 2.24) is 10.6 Å². The van der Waals surface area contributed by atoms with E-state index in [1.165, 1.54) is 0 Å². The normalized spacial score (nSPS) is 21.2. The van der Waals surface area contributed by atoms with Gasteiger partial charge in [0.1, 0.15) is 0 Å². The molecular weight excluding hydrogens is 224 g/mol. The summed E-state index contributed by atoms with van der Waals surface area (Å²) in [6.45, 7) is 4.04. The van der Waals surface area contributed by atoms with Gasteiger partial charge in [0.05, 0.1) is 11.6 Å². The Kier molecular flexibility index (Phi) is 5.08. The van der Waals surface area contributed by atoms with Gasteiger partial charge in [0.25, 0.3) is 0 Å². The fourth-order valence-corrected chi connectivity index (χ4v) is 2.11. The Labute approximate surface area is 102 Å². The number of nitrogens with one attached hydrogen (secondary N) is 2. The van der Waals surface area contributed by atoms with Gasteiger partial charge in [-0.25, -0.2) is 0 Å². The van der Waals surface area contributed by atoms with Crippen molar-refractivity contribution in [2.75, 3.05) is 18.6 Å². The maximum atomic E-state index is 11.6. The van der Waals surface area contributed by atoms with Crippen molar-refractivity contribution in [1.29, 1.82) is 0 Å². The van der Waals surface area contributed by atoms with Gasteiger partial charge in [0, 0.05) is 18.3 Å². The zero-order chi connectivity index (χ0) is 12.2. The van der Waals surface area contributed by atoms with Crippen LogP contribution in [0.4, 0.5) is 0 Å². The molecule has 0 aromatic carbocycles. The Morgan fingerprint density at radius 2 is 2.25 bits per heavy atom. The second-order valence-corrected chi connectivity index (χ2v) is 5.68. The van der Waals surface area contributed by atoms with Crippen LogP contribution in [0, 0.1) is 0 Å². The standard InChI is InChI=1S/C11H22N2O2S/c1-8(10(14)13-9-4-5-9)12-6-11(2,15)7-16-3/h8-9,12,15H,4-7H2,1-3H3,(H,13,14). The molecule has 0 heterocycles. The van der Waals surface area contributed by atoms with Crippen LogP contribution in [0.3, 0.4) is 0 Å². The quantitative estimate of drug-likeness (QED) is 0.607. The van der Waals surface area contributed by atoms with Gasteiger partial charge in [0.15, 0.2) is 0 Å². The monoisotopic (exact) mass is 246 g/mol. The SMILES string of the molecule is CSCC(C)(O)CNC(C)C(=O)NC1CC1. The number of aliphatic hydroxyl groups is 1. The molecule has 0 saturated heterocycles. The van der Waals surface area contributed by atoms with Crippen molar-refractivity contribution in [2.24, 2.45) is 0 Å². The molecule has 1 amide bonds. The van der Waals surface area contributed by atoms with Crippen molar-refractivity contribution >= 4 is 17.7 Å². The first-order valence-electron chi connectivity index (χ1n) is 5.70. The van der Waals surface area contributed by atoms with Crippen LogP contribution in [0.1, 0.15) is 26.7 Å². The third-order valence-corrected chi connectivity index (χ3v) is 3.47. The lowest BCUT2D eigenvalue weighted by Gasteiger charge is -2.24. The van der Waals surface area contributed by atoms with E-state index < -0.39 is 5.60 Å². The number of carbonyl (C=O) groups is 1. The zero-order valence-corrected chi connectivity index (χ0v) is 11.1. The highest BCUT2D eigenvalue weighted by Crippen LogP contribution is 2.18. The summed E-state index contributed by atoms with van der Waals surface area (Å²) in [6, 6.07) is 0.150. The van der Waals surface area contributed by atoms with Crippen LogP contribution in [0.25, 0.3) is 0 Å². The predicted molar refractivity (Wildman–Crippen MR) is 67.6 cm³/mol. The molecule has 3 N–H and O–H groups in total. The largest absolute Gasteiger partial charge is 0.388 e. The smallest absolute Gasteiger partial charge is 0.237 e. The van der Waals surface area contributed by atoms with Crippen molar-refractivity contribution in [3.63, 3.8) is 0 Å². The first-order chi connectivity index (χ1) is 7.44. The summed E-state index contributed by atoms with van der Waals surface area (Å²) in [7, 11) is 0. The molecule has 0 aromatic heterocycles. The maximum absolute atomic E-state index is 11.6. The van der Waals surface area contributed by atoms with E-state index in [0.29, 0.717) is 18.3 Å². The number of hydrogen-bond acceptors (Lipinski definition) is 4. The van der Waals surface area contributed by atoms with Crippen LogP contribution in [0.15, 0.2) is 0 Å². The number of amides is 1. The summed E-state index contributed by atoms with van der Waals surface area (Å²) in [5, 5.41) is 15.9. The predicted octanol–water partition coefficient (Wildman–Crippen LogP) is 0.357. The van der Waals surface area contributed by atoms with Crippen LogP contribution < -0.4 is 10.6 Å². The topological polar surface area (TPSA) is 61.4 Å². The van der Waals surface area contributed by atoms with Crippen molar-refractivity contribution in [2.45, 2.75) is 44.4 Å². The van der Waals surface area contributed by atoms with Crippen molar-refractivity contribution < 1.29 is 9.90 Å². The molecular formula is C11H22N2O2S. The van der Waals surface area contributed by atoms with E-state index in [-0.39, 0.29) is 11.9 Å². The summed E-state index contributed by atoms with van der Waals surface area (Å²) in [5.74, 6) is 0.694. The molecule has 0 radical (unpaired) electrons. The molecule has 1 fully saturated rings. The van der Waals surface area contributed by atoms with Crippen LogP contribution in [-0.4, -0.2) is 47.3 Å². The Balaban J connectivity index is 2.21. The van der Waals surface area contributed by atoms with Gasteiger partial charge in [-0.15, -0.1) is 0 Å². The van der Waals surface area contributed by atoms with Gasteiger partial charge in [-0.3, -0.25) is 4.79 Å². The summed E-state index contributed by atoms with van der Waals surface area (Å²) in [4.78, 5) is 11.6. The third-order valence-electron chi connectivity index (χ3n) is 2.56. The highest BCUT2D eigenvalue weighted by Gasteiger charge is 2.27.